The molecule has 0 unspecified atom stereocenters. The Morgan fingerprint density at radius 2 is 1.91 bits per heavy atom. The Morgan fingerprint density at radius 3 is 2.59 bits per heavy atom. The lowest BCUT2D eigenvalue weighted by molar-refractivity contribution is -0.670. The first-order valence-corrected chi connectivity index (χ1v) is 11.4. The molecule has 32 heavy (non-hydrogen) atoms. The molecule has 4 rings (SSSR count). The number of hydrogen-bond acceptors (Lipinski definition) is 5. The highest BCUT2D eigenvalue weighted by atomic mass is 16.5. The number of β-amino-alcohol motifs (C(OH)–C–C–N with tert-alkyl or cyclic N) is 1. The molecule has 0 saturated carbocycles. The normalized spacial score (nSPS) is 15.9. The monoisotopic (exact) mass is 442 g/mol. The Kier molecular flexibility index (Phi) is 6.36. The van der Waals surface area contributed by atoms with E-state index in [1.165, 1.54) is 9.13 Å². The van der Waals surface area contributed by atoms with Crippen LogP contribution in [0.4, 0.5) is 11.6 Å². The predicted octanol–water partition coefficient (Wildman–Crippen LogP) is 1.81. The van der Waals surface area contributed by atoms with Crippen molar-refractivity contribution < 1.29 is 14.4 Å². The maximum atomic E-state index is 13.4. The minimum Gasteiger partial charge on any atom is -0.494 e. The number of ether oxygens (including phenoxy) is 1. The van der Waals surface area contributed by atoms with Crippen molar-refractivity contribution in [3.63, 3.8) is 0 Å². The van der Waals surface area contributed by atoms with Crippen molar-refractivity contribution in [2.24, 2.45) is 7.05 Å². The Hall–Kier alpha value is -3.07. The van der Waals surface area contributed by atoms with Gasteiger partial charge in [-0.15, -0.1) is 0 Å². The van der Waals surface area contributed by atoms with Crippen LogP contribution in [-0.2, 0) is 20.1 Å². The van der Waals surface area contributed by atoms with Gasteiger partial charge in [0.1, 0.15) is 30.6 Å². The first-order chi connectivity index (χ1) is 15.5. The molecule has 2 N–H and O–H groups in total. The number of aryl methyl sites for hydroxylation is 1. The molecule has 1 aliphatic heterocycles. The number of nitrogens with zero attached hydrogens (tertiary/aromatic N) is 4. The van der Waals surface area contributed by atoms with Crippen LogP contribution in [0.15, 0.2) is 33.9 Å². The summed E-state index contributed by atoms with van der Waals surface area (Å²) in [5, 5.41) is 10.6. The van der Waals surface area contributed by atoms with Crippen molar-refractivity contribution in [3.05, 3.63) is 45.1 Å². The van der Waals surface area contributed by atoms with Gasteiger partial charge in [0.15, 0.2) is 0 Å². The van der Waals surface area contributed by atoms with Crippen molar-refractivity contribution in [2.45, 2.75) is 58.7 Å². The third-order valence-electron chi connectivity index (χ3n) is 6.02. The SMILES string of the molecule is CCCCCCn1c(=O)c2c([nH]c3[n+]2C[C@@H](O)CN3c2ccc(OCC)cc2)n(C)c1=O. The van der Waals surface area contributed by atoms with Crippen molar-refractivity contribution in [1.29, 1.82) is 0 Å². The molecule has 0 radical (unpaired) electrons. The fourth-order valence-corrected chi connectivity index (χ4v) is 4.38. The largest absolute Gasteiger partial charge is 0.494 e. The Bertz CT molecular complexity index is 1210. The van der Waals surface area contributed by atoms with E-state index in [2.05, 4.69) is 11.9 Å². The summed E-state index contributed by atoms with van der Waals surface area (Å²) in [4.78, 5) is 31.5. The standard InChI is InChI=1S/C23H31N5O4/c1-4-6-7-8-13-26-21(30)19-20(25(3)23(26)31)24-22-27(14-17(29)15-28(19)22)16-9-11-18(12-10-16)32-5-2/h9-12,17,29H,4-8,13-15H2,1-3H3/p+1/t17-/m0/s1. The van der Waals surface area contributed by atoms with Crippen LogP contribution in [0.25, 0.3) is 11.2 Å². The lowest BCUT2D eigenvalue weighted by Crippen LogP contribution is -2.55. The summed E-state index contributed by atoms with van der Waals surface area (Å²) in [5.41, 5.74) is 1.09. The first kappa shape index (κ1) is 22.1. The number of H-pyrrole nitrogens is 1. The fraction of sp³-hybridized carbons (Fsp3) is 0.522. The maximum absolute atomic E-state index is 13.4. The summed E-state index contributed by atoms with van der Waals surface area (Å²) < 4.78 is 10.1. The number of anilines is 2. The molecule has 1 atom stereocenters. The molecule has 0 bridgehead atoms. The van der Waals surface area contributed by atoms with Crippen LogP contribution in [0.2, 0.25) is 0 Å². The lowest BCUT2D eigenvalue weighted by Gasteiger charge is -2.25. The molecular weight excluding hydrogens is 410 g/mol. The van der Waals surface area contributed by atoms with Gasteiger partial charge in [0.2, 0.25) is 11.2 Å². The highest BCUT2D eigenvalue weighted by Gasteiger charge is 2.36. The first-order valence-electron chi connectivity index (χ1n) is 11.4. The summed E-state index contributed by atoms with van der Waals surface area (Å²) in [6.45, 7) is 5.70. The molecule has 9 heteroatoms. The van der Waals surface area contributed by atoms with Crippen LogP contribution >= 0.6 is 0 Å². The zero-order valence-electron chi connectivity index (χ0n) is 19.0. The molecule has 3 aromatic rings. The number of aliphatic hydroxyl groups excluding tert-OH is 1. The van der Waals surface area contributed by atoms with Crippen LogP contribution in [0, 0.1) is 0 Å². The van der Waals surface area contributed by atoms with E-state index in [9.17, 15) is 14.7 Å². The van der Waals surface area contributed by atoms with Crippen LogP contribution in [0.1, 0.15) is 39.5 Å². The zero-order chi connectivity index (χ0) is 22.8. The van der Waals surface area contributed by atoms with E-state index in [1.807, 2.05) is 36.1 Å². The highest BCUT2D eigenvalue weighted by Crippen LogP contribution is 2.28. The maximum Gasteiger partial charge on any atom is 0.364 e. The predicted molar refractivity (Wildman–Crippen MR) is 123 cm³/mol. The smallest absolute Gasteiger partial charge is 0.364 e. The third-order valence-corrected chi connectivity index (χ3v) is 6.02. The van der Waals surface area contributed by atoms with Gasteiger partial charge in [0, 0.05) is 13.6 Å². The van der Waals surface area contributed by atoms with E-state index in [-0.39, 0.29) is 17.8 Å². The Balaban J connectivity index is 1.80. The molecule has 9 nitrogen and oxygen atoms in total. The van der Waals surface area contributed by atoms with Gasteiger partial charge in [-0.05, 0) is 37.6 Å². The third kappa shape index (κ3) is 3.92. The Labute approximate surface area is 186 Å². The summed E-state index contributed by atoms with van der Waals surface area (Å²) >= 11 is 0. The number of aromatic nitrogens is 4. The fourth-order valence-electron chi connectivity index (χ4n) is 4.38. The van der Waals surface area contributed by atoms with Crippen molar-refractivity contribution >= 4 is 22.8 Å². The van der Waals surface area contributed by atoms with Crippen molar-refractivity contribution in [1.82, 2.24) is 14.1 Å². The van der Waals surface area contributed by atoms with Gasteiger partial charge < -0.3 is 9.84 Å². The number of unbranched alkanes of at least 4 members (excludes halogenated alkanes) is 3. The van der Waals surface area contributed by atoms with Gasteiger partial charge >= 0.3 is 11.6 Å². The van der Waals surface area contributed by atoms with Gasteiger partial charge in [0.25, 0.3) is 5.56 Å². The zero-order valence-corrected chi connectivity index (χ0v) is 19.0. The second kappa shape index (κ2) is 9.20. The molecule has 0 saturated heterocycles. The number of aromatic amines is 1. The lowest BCUT2D eigenvalue weighted by atomic mass is 10.2. The average molecular weight is 443 g/mol. The van der Waals surface area contributed by atoms with Crippen LogP contribution < -0.4 is 25.5 Å². The average Bonchev–Trinajstić information content (AvgIpc) is 3.17. The second-order valence-corrected chi connectivity index (χ2v) is 8.31. The number of nitrogens with one attached hydrogen (secondary N) is 1. The molecule has 3 heterocycles. The van der Waals surface area contributed by atoms with E-state index in [0.29, 0.717) is 36.8 Å². The minimum atomic E-state index is -0.660. The van der Waals surface area contributed by atoms with Crippen molar-refractivity contribution in [2.75, 3.05) is 18.1 Å². The van der Waals surface area contributed by atoms with Gasteiger partial charge in [-0.2, -0.15) is 0 Å². The van der Waals surface area contributed by atoms with Gasteiger partial charge in [0.05, 0.1) is 6.61 Å². The highest BCUT2D eigenvalue weighted by molar-refractivity contribution is 5.70. The molecule has 0 amide bonds. The molecule has 0 fully saturated rings. The van der Waals surface area contributed by atoms with E-state index in [1.54, 1.807) is 11.6 Å². The number of hydrogen-bond donors (Lipinski definition) is 2. The minimum absolute atomic E-state index is 0.284. The van der Waals surface area contributed by atoms with E-state index < -0.39 is 6.10 Å². The van der Waals surface area contributed by atoms with Crippen LogP contribution in [-0.4, -0.2) is 38.5 Å². The van der Waals surface area contributed by atoms with E-state index in [0.717, 1.165) is 37.1 Å². The van der Waals surface area contributed by atoms with E-state index in [4.69, 9.17) is 4.74 Å². The van der Waals surface area contributed by atoms with Crippen LogP contribution in [0.3, 0.4) is 0 Å². The van der Waals surface area contributed by atoms with Crippen LogP contribution in [0.5, 0.6) is 5.75 Å². The van der Waals surface area contributed by atoms with Gasteiger partial charge in [-0.25, -0.2) is 19.2 Å². The molecule has 0 spiro atoms. The summed E-state index contributed by atoms with van der Waals surface area (Å²) in [7, 11) is 1.67. The summed E-state index contributed by atoms with van der Waals surface area (Å²) in [6, 6.07) is 7.60. The molecule has 1 aromatic carbocycles. The number of rotatable bonds is 8. The quantitative estimate of drug-likeness (QED) is 0.410. The molecule has 1 aliphatic rings. The summed E-state index contributed by atoms with van der Waals surface area (Å²) in [6.07, 6.45) is 3.27. The summed E-state index contributed by atoms with van der Waals surface area (Å²) in [5.74, 6) is 1.44. The topological polar surface area (TPSA) is 96.4 Å². The van der Waals surface area contributed by atoms with E-state index >= 15 is 0 Å². The molecule has 172 valence electrons. The van der Waals surface area contributed by atoms with Gasteiger partial charge in [-0.1, -0.05) is 26.2 Å². The number of imidazole rings is 1. The number of aliphatic hydroxyl groups is 1. The Morgan fingerprint density at radius 1 is 1.16 bits per heavy atom. The number of fused-ring (bicyclic) bond motifs is 3. The van der Waals surface area contributed by atoms with Crippen molar-refractivity contribution in [3.8, 4) is 5.75 Å². The molecule has 2 aromatic heterocycles. The second-order valence-electron chi connectivity index (χ2n) is 8.31. The molecule has 0 aliphatic carbocycles. The molecular formula is C23H32N5O4+. The number of benzene rings is 1. The van der Waals surface area contributed by atoms with Gasteiger partial charge in [-0.3, -0.25) is 13.9 Å².